The first-order valence-corrected chi connectivity index (χ1v) is 17.0. The van der Waals surface area contributed by atoms with Gasteiger partial charge in [0.25, 0.3) is 12.3 Å². The van der Waals surface area contributed by atoms with Gasteiger partial charge in [-0.05, 0) is 107 Å². The Hall–Kier alpha value is -3.64. The zero-order valence-corrected chi connectivity index (χ0v) is 28.9. The van der Waals surface area contributed by atoms with Crippen molar-refractivity contribution in [3.8, 4) is 11.1 Å². The van der Waals surface area contributed by atoms with Crippen molar-refractivity contribution in [3.05, 3.63) is 53.5 Å². The molecule has 0 bridgehead atoms. The highest BCUT2D eigenvalue weighted by Gasteiger charge is 2.30. The minimum Gasteiger partial charge on any atom is -0.444 e. The van der Waals surface area contributed by atoms with Gasteiger partial charge in [0.1, 0.15) is 11.4 Å². The minimum atomic E-state index is -2.71. The van der Waals surface area contributed by atoms with E-state index in [-0.39, 0.29) is 23.6 Å². The van der Waals surface area contributed by atoms with Crippen molar-refractivity contribution in [1.29, 1.82) is 0 Å². The number of nitrogens with zero attached hydrogens (tertiary/aromatic N) is 5. The Kier molecular flexibility index (Phi) is 11.0. The standard InChI is InChI=1S/C36H49F3N6O3/c1-23(2)45(22-33(38)39)34(46)30-19-26(37)7-8-28(30)29-17-25(18-32-31(29)20-40-42(32)6)24-9-12-44(21-24)16-15-43-13-10-27(11-14-43)41-35(47)48-36(3,4)5/h7-8,17-20,23-24,27,33H,9-16,21-22H2,1-6H3,(H,41,47)/t24-/m0/s1. The monoisotopic (exact) mass is 670 g/mol. The molecule has 3 heterocycles. The molecule has 1 N–H and O–H groups in total. The highest BCUT2D eigenvalue weighted by atomic mass is 19.3. The highest BCUT2D eigenvalue weighted by Crippen LogP contribution is 2.37. The Bertz CT molecular complexity index is 1600. The van der Waals surface area contributed by atoms with Crippen molar-refractivity contribution in [2.45, 2.75) is 83.9 Å². The third-order valence-electron chi connectivity index (χ3n) is 9.39. The number of halogens is 3. The lowest BCUT2D eigenvalue weighted by molar-refractivity contribution is 0.0472. The molecule has 0 saturated carbocycles. The van der Waals surface area contributed by atoms with Crippen molar-refractivity contribution >= 4 is 22.9 Å². The Labute approximate surface area is 281 Å². The maximum Gasteiger partial charge on any atom is 0.407 e. The number of amides is 2. The summed E-state index contributed by atoms with van der Waals surface area (Å²) in [5.74, 6) is -0.979. The van der Waals surface area contributed by atoms with Gasteiger partial charge in [0.15, 0.2) is 0 Å². The summed E-state index contributed by atoms with van der Waals surface area (Å²) in [5, 5.41) is 8.29. The second-order valence-electron chi connectivity index (χ2n) is 14.5. The van der Waals surface area contributed by atoms with Crippen molar-refractivity contribution in [2.75, 3.05) is 45.8 Å². The lowest BCUT2D eigenvalue weighted by atomic mass is 9.90. The van der Waals surface area contributed by atoms with Crippen LogP contribution in [0.5, 0.6) is 0 Å². The SMILES string of the molecule is CC(C)N(CC(F)F)C(=O)c1cc(F)ccc1-c1cc([C@H]2CCN(CCN3CCC(NC(=O)OC(C)(C)C)CC3)C2)cc2c1cnn2C. The fourth-order valence-electron chi connectivity index (χ4n) is 6.85. The first kappa shape index (κ1) is 35.7. The highest BCUT2D eigenvalue weighted by molar-refractivity contribution is 6.05. The number of nitrogens with one attached hydrogen (secondary N) is 1. The quantitative estimate of drug-likeness (QED) is 0.274. The number of piperidine rings is 1. The lowest BCUT2D eigenvalue weighted by Crippen LogP contribution is -2.47. The Morgan fingerprint density at radius 3 is 2.38 bits per heavy atom. The van der Waals surface area contributed by atoms with E-state index in [1.165, 1.54) is 6.07 Å². The Morgan fingerprint density at radius 2 is 1.71 bits per heavy atom. The molecule has 2 aromatic carbocycles. The van der Waals surface area contributed by atoms with Crippen LogP contribution in [0.2, 0.25) is 0 Å². The third kappa shape index (κ3) is 8.68. The van der Waals surface area contributed by atoms with Crippen LogP contribution in [0, 0.1) is 5.82 Å². The first-order chi connectivity index (χ1) is 22.7. The van der Waals surface area contributed by atoms with Crippen LogP contribution in [-0.4, -0.2) is 106 Å². The minimum absolute atomic E-state index is 0.0600. The number of carbonyl (C=O) groups is 2. The predicted molar refractivity (Wildman–Crippen MR) is 181 cm³/mol. The lowest BCUT2D eigenvalue weighted by Gasteiger charge is -2.33. The third-order valence-corrected chi connectivity index (χ3v) is 9.39. The molecule has 0 radical (unpaired) electrons. The molecule has 2 aliphatic rings. The van der Waals surface area contributed by atoms with Gasteiger partial charge in [0.05, 0.1) is 23.8 Å². The number of hydrogen-bond donors (Lipinski definition) is 1. The molecular formula is C36H49F3N6O3. The number of hydrogen-bond acceptors (Lipinski definition) is 6. The summed E-state index contributed by atoms with van der Waals surface area (Å²) in [6.45, 7) is 13.8. The Balaban J connectivity index is 1.29. The summed E-state index contributed by atoms with van der Waals surface area (Å²) in [6, 6.07) is 7.88. The maximum absolute atomic E-state index is 14.6. The summed E-state index contributed by atoms with van der Waals surface area (Å²) in [6.07, 6.45) is 1.41. The summed E-state index contributed by atoms with van der Waals surface area (Å²) in [5.41, 5.74) is 2.78. The van der Waals surface area contributed by atoms with E-state index in [9.17, 15) is 22.8 Å². The summed E-state index contributed by atoms with van der Waals surface area (Å²) in [4.78, 5) is 31.9. The van der Waals surface area contributed by atoms with Crippen LogP contribution in [0.4, 0.5) is 18.0 Å². The van der Waals surface area contributed by atoms with Crippen LogP contribution < -0.4 is 5.32 Å². The van der Waals surface area contributed by atoms with Crippen LogP contribution in [0.1, 0.15) is 75.7 Å². The van der Waals surface area contributed by atoms with Crippen LogP contribution in [0.25, 0.3) is 22.0 Å². The predicted octanol–water partition coefficient (Wildman–Crippen LogP) is 6.27. The topological polar surface area (TPSA) is 82.9 Å². The molecule has 3 aromatic rings. The molecule has 5 rings (SSSR count). The van der Waals surface area contributed by atoms with E-state index in [0.717, 1.165) is 91.5 Å². The van der Waals surface area contributed by atoms with Crippen LogP contribution in [0.3, 0.4) is 0 Å². The van der Waals surface area contributed by atoms with Crippen molar-refractivity contribution in [3.63, 3.8) is 0 Å². The molecule has 2 saturated heterocycles. The Morgan fingerprint density at radius 1 is 1.02 bits per heavy atom. The van der Waals surface area contributed by atoms with Gasteiger partial charge in [-0.3, -0.25) is 9.48 Å². The molecule has 262 valence electrons. The number of benzene rings is 2. The molecule has 0 unspecified atom stereocenters. The molecule has 12 heteroatoms. The number of alkyl halides is 2. The normalized spacial score (nSPS) is 18.3. The van der Waals surface area contributed by atoms with E-state index in [1.54, 1.807) is 30.8 Å². The summed E-state index contributed by atoms with van der Waals surface area (Å²) >= 11 is 0. The van der Waals surface area contributed by atoms with E-state index < -0.39 is 36.3 Å². The average Bonchev–Trinajstić information content (AvgIpc) is 3.64. The number of likely N-dealkylation sites (tertiary alicyclic amines) is 2. The number of ether oxygens (including phenoxy) is 1. The molecule has 48 heavy (non-hydrogen) atoms. The molecule has 2 amide bonds. The van der Waals surface area contributed by atoms with Crippen molar-refractivity contribution in [2.24, 2.45) is 7.05 Å². The largest absolute Gasteiger partial charge is 0.444 e. The molecule has 9 nitrogen and oxygen atoms in total. The number of carbonyl (C=O) groups excluding carboxylic acids is 2. The maximum atomic E-state index is 14.6. The zero-order chi connectivity index (χ0) is 34.7. The molecule has 2 fully saturated rings. The number of rotatable bonds is 10. The molecular weight excluding hydrogens is 621 g/mol. The average molecular weight is 671 g/mol. The van der Waals surface area contributed by atoms with Crippen LogP contribution in [-0.2, 0) is 11.8 Å². The first-order valence-electron chi connectivity index (χ1n) is 17.0. The molecule has 2 aliphatic heterocycles. The number of aryl methyl sites for hydroxylation is 1. The van der Waals surface area contributed by atoms with Gasteiger partial charge in [-0.25, -0.2) is 18.0 Å². The van der Waals surface area contributed by atoms with Gasteiger partial charge in [0, 0.05) is 57.2 Å². The molecule has 1 atom stereocenters. The second kappa shape index (κ2) is 14.9. The second-order valence-corrected chi connectivity index (χ2v) is 14.5. The number of aromatic nitrogens is 2. The van der Waals surface area contributed by atoms with Gasteiger partial charge in [-0.2, -0.15) is 5.10 Å². The number of fused-ring (bicyclic) bond motifs is 1. The van der Waals surface area contributed by atoms with Crippen LogP contribution >= 0.6 is 0 Å². The van der Waals surface area contributed by atoms with E-state index in [4.69, 9.17) is 4.74 Å². The zero-order valence-electron chi connectivity index (χ0n) is 28.9. The van der Waals surface area contributed by atoms with Gasteiger partial charge >= 0.3 is 6.09 Å². The molecule has 1 aromatic heterocycles. The van der Waals surface area contributed by atoms with E-state index in [0.29, 0.717) is 5.56 Å². The molecule has 0 aliphatic carbocycles. The van der Waals surface area contributed by atoms with Crippen molar-refractivity contribution in [1.82, 2.24) is 29.8 Å². The van der Waals surface area contributed by atoms with E-state index >= 15 is 0 Å². The van der Waals surface area contributed by atoms with E-state index in [2.05, 4.69) is 32.3 Å². The fraction of sp³-hybridized carbons (Fsp3) is 0.583. The van der Waals surface area contributed by atoms with Gasteiger partial charge in [0.2, 0.25) is 0 Å². The summed E-state index contributed by atoms with van der Waals surface area (Å²) in [7, 11) is 1.86. The van der Waals surface area contributed by atoms with E-state index in [1.807, 2.05) is 27.8 Å². The smallest absolute Gasteiger partial charge is 0.407 e. The van der Waals surface area contributed by atoms with Gasteiger partial charge in [-0.1, -0.05) is 6.07 Å². The number of alkyl carbamates (subject to hydrolysis) is 1. The fourth-order valence-corrected chi connectivity index (χ4v) is 6.85. The summed E-state index contributed by atoms with van der Waals surface area (Å²) < 4.78 is 48.7. The van der Waals surface area contributed by atoms with Gasteiger partial charge < -0.3 is 24.8 Å². The molecule has 0 spiro atoms. The van der Waals surface area contributed by atoms with Gasteiger partial charge in [-0.15, -0.1) is 0 Å². The van der Waals surface area contributed by atoms with Crippen LogP contribution in [0.15, 0.2) is 36.5 Å². The van der Waals surface area contributed by atoms with Crippen molar-refractivity contribution < 1.29 is 27.5 Å².